The Morgan fingerprint density at radius 3 is 2.38 bits per heavy atom. The van der Waals surface area contributed by atoms with Gasteiger partial charge in [-0.05, 0) is 62.1 Å². The molecule has 0 unspecified atom stereocenters. The van der Waals surface area contributed by atoms with Crippen LogP contribution in [0.25, 0.3) is 0 Å². The normalized spacial score (nSPS) is 19.8. The molecule has 0 bridgehead atoms. The standard InChI is InChI=1S/C20H31N3S/c24-20(22-19-11-3-1-4-12-19)21-15-17-9-5-6-10-18(17)16-23-13-7-2-8-14-23/h5-6,9-10,19H,1-4,7-8,11-16H2,(H2,21,22,24). The quantitative estimate of drug-likeness (QED) is 0.790. The molecule has 0 aromatic heterocycles. The summed E-state index contributed by atoms with van der Waals surface area (Å²) < 4.78 is 0. The van der Waals surface area contributed by atoms with E-state index >= 15 is 0 Å². The summed E-state index contributed by atoms with van der Waals surface area (Å²) >= 11 is 5.51. The smallest absolute Gasteiger partial charge is 0.166 e. The molecule has 2 N–H and O–H groups in total. The van der Waals surface area contributed by atoms with Gasteiger partial charge in [0.15, 0.2) is 5.11 Å². The van der Waals surface area contributed by atoms with Crippen molar-refractivity contribution in [2.75, 3.05) is 13.1 Å². The van der Waals surface area contributed by atoms with Crippen LogP contribution in [-0.2, 0) is 13.1 Å². The van der Waals surface area contributed by atoms with E-state index in [4.69, 9.17) is 12.2 Å². The minimum absolute atomic E-state index is 0.572. The minimum atomic E-state index is 0.572. The maximum absolute atomic E-state index is 5.51. The second-order valence-corrected chi connectivity index (χ2v) is 7.68. The third-order valence-corrected chi connectivity index (χ3v) is 5.60. The Bertz CT molecular complexity index is 519. The molecular weight excluding hydrogens is 314 g/mol. The molecule has 3 rings (SSSR count). The molecular formula is C20H31N3S. The zero-order chi connectivity index (χ0) is 16.6. The van der Waals surface area contributed by atoms with Crippen molar-refractivity contribution in [3.63, 3.8) is 0 Å². The number of hydrogen-bond acceptors (Lipinski definition) is 2. The second kappa shape index (κ2) is 9.38. The van der Waals surface area contributed by atoms with Crippen LogP contribution in [0.5, 0.6) is 0 Å². The van der Waals surface area contributed by atoms with Gasteiger partial charge in [0.2, 0.25) is 0 Å². The van der Waals surface area contributed by atoms with E-state index in [0.717, 1.165) is 18.2 Å². The Hall–Kier alpha value is -1.13. The van der Waals surface area contributed by atoms with Gasteiger partial charge in [-0.2, -0.15) is 0 Å². The van der Waals surface area contributed by atoms with Gasteiger partial charge in [0.05, 0.1) is 0 Å². The summed E-state index contributed by atoms with van der Waals surface area (Å²) in [5.74, 6) is 0. The van der Waals surface area contributed by atoms with E-state index in [1.807, 2.05) is 0 Å². The second-order valence-electron chi connectivity index (χ2n) is 7.27. The highest BCUT2D eigenvalue weighted by atomic mass is 32.1. The third kappa shape index (κ3) is 5.45. The molecule has 2 aliphatic rings. The highest BCUT2D eigenvalue weighted by Gasteiger charge is 2.15. The van der Waals surface area contributed by atoms with E-state index in [1.165, 1.54) is 75.6 Å². The molecule has 0 amide bonds. The molecule has 24 heavy (non-hydrogen) atoms. The van der Waals surface area contributed by atoms with Crippen LogP contribution >= 0.6 is 12.2 Å². The molecule has 0 radical (unpaired) electrons. The predicted octanol–water partition coefficient (Wildman–Crippen LogP) is 3.97. The zero-order valence-corrected chi connectivity index (χ0v) is 15.5. The summed E-state index contributed by atoms with van der Waals surface area (Å²) in [4.78, 5) is 2.58. The van der Waals surface area contributed by atoms with E-state index < -0.39 is 0 Å². The number of hydrogen-bond donors (Lipinski definition) is 2. The lowest BCUT2D eigenvalue weighted by Gasteiger charge is -2.27. The Labute approximate surface area is 152 Å². The topological polar surface area (TPSA) is 27.3 Å². The van der Waals surface area contributed by atoms with Gasteiger partial charge in [-0.15, -0.1) is 0 Å². The van der Waals surface area contributed by atoms with Gasteiger partial charge in [0, 0.05) is 19.1 Å². The molecule has 1 heterocycles. The van der Waals surface area contributed by atoms with Crippen molar-refractivity contribution in [3.05, 3.63) is 35.4 Å². The lowest BCUT2D eigenvalue weighted by Crippen LogP contribution is -2.42. The molecule has 1 aliphatic heterocycles. The fourth-order valence-corrected chi connectivity index (χ4v) is 4.14. The maximum Gasteiger partial charge on any atom is 0.166 e. The van der Waals surface area contributed by atoms with Crippen LogP contribution in [0.3, 0.4) is 0 Å². The lowest BCUT2D eigenvalue weighted by molar-refractivity contribution is 0.220. The largest absolute Gasteiger partial charge is 0.360 e. The minimum Gasteiger partial charge on any atom is -0.360 e. The maximum atomic E-state index is 5.51. The SMILES string of the molecule is S=C(NCc1ccccc1CN1CCCCC1)NC1CCCCC1. The van der Waals surface area contributed by atoms with Crippen molar-refractivity contribution < 1.29 is 0 Å². The van der Waals surface area contributed by atoms with Crippen molar-refractivity contribution in [2.45, 2.75) is 70.5 Å². The molecule has 1 aliphatic carbocycles. The van der Waals surface area contributed by atoms with Gasteiger partial charge in [0.25, 0.3) is 0 Å². The molecule has 1 aromatic rings. The van der Waals surface area contributed by atoms with Gasteiger partial charge in [-0.25, -0.2) is 0 Å². The number of piperidine rings is 1. The van der Waals surface area contributed by atoms with Crippen LogP contribution in [-0.4, -0.2) is 29.1 Å². The first kappa shape index (κ1) is 17.7. The molecule has 2 fully saturated rings. The summed E-state index contributed by atoms with van der Waals surface area (Å²) in [7, 11) is 0. The Kier molecular flexibility index (Phi) is 6.91. The van der Waals surface area contributed by atoms with Crippen molar-refractivity contribution in [1.82, 2.24) is 15.5 Å². The monoisotopic (exact) mass is 345 g/mol. The van der Waals surface area contributed by atoms with E-state index in [-0.39, 0.29) is 0 Å². The number of thiocarbonyl (C=S) groups is 1. The molecule has 1 saturated heterocycles. The molecule has 132 valence electrons. The van der Waals surface area contributed by atoms with E-state index in [0.29, 0.717) is 6.04 Å². The van der Waals surface area contributed by atoms with Gasteiger partial charge < -0.3 is 10.6 Å². The Morgan fingerprint density at radius 1 is 0.958 bits per heavy atom. The van der Waals surface area contributed by atoms with Gasteiger partial charge in [0.1, 0.15) is 0 Å². The molecule has 0 spiro atoms. The van der Waals surface area contributed by atoms with Crippen molar-refractivity contribution >= 4 is 17.3 Å². The molecule has 1 saturated carbocycles. The third-order valence-electron chi connectivity index (χ3n) is 5.34. The first-order chi connectivity index (χ1) is 11.8. The van der Waals surface area contributed by atoms with Crippen LogP contribution in [0.1, 0.15) is 62.5 Å². The number of nitrogens with one attached hydrogen (secondary N) is 2. The first-order valence-electron chi connectivity index (χ1n) is 9.65. The fourth-order valence-electron chi connectivity index (χ4n) is 3.90. The lowest BCUT2D eigenvalue weighted by atomic mass is 9.96. The van der Waals surface area contributed by atoms with Crippen LogP contribution in [0.4, 0.5) is 0 Å². The number of nitrogens with zero attached hydrogens (tertiary/aromatic N) is 1. The van der Waals surface area contributed by atoms with E-state index in [1.54, 1.807) is 0 Å². The highest BCUT2D eigenvalue weighted by molar-refractivity contribution is 7.80. The number of rotatable bonds is 5. The highest BCUT2D eigenvalue weighted by Crippen LogP contribution is 2.18. The van der Waals surface area contributed by atoms with Crippen LogP contribution in [0, 0.1) is 0 Å². The van der Waals surface area contributed by atoms with Crippen molar-refractivity contribution in [2.24, 2.45) is 0 Å². The molecule has 1 aromatic carbocycles. The van der Waals surface area contributed by atoms with Gasteiger partial charge in [-0.3, -0.25) is 4.90 Å². The Balaban J connectivity index is 1.49. The summed E-state index contributed by atoms with van der Waals surface area (Å²) in [6.45, 7) is 4.37. The average molecular weight is 346 g/mol. The van der Waals surface area contributed by atoms with Crippen LogP contribution in [0.15, 0.2) is 24.3 Å². The summed E-state index contributed by atoms with van der Waals surface area (Å²) in [5, 5.41) is 7.74. The van der Waals surface area contributed by atoms with Crippen molar-refractivity contribution in [1.29, 1.82) is 0 Å². The molecule has 3 nitrogen and oxygen atoms in total. The number of benzene rings is 1. The van der Waals surface area contributed by atoms with Gasteiger partial charge >= 0.3 is 0 Å². The van der Waals surface area contributed by atoms with E-state index in [2.05, 4.69) is 39.8 Å². The predicted molar refractivity (Wildman–Crippen MR) is 105 cm³/mol. The fraction of sp³-hybridized carbons (Fsp3) is 0.650. The van der Waals surface area contributed by atoms with Crippen LogP contribution in [0.2, 0.25) is 0 Å². The van der Waals surface area contributed by atoms with E-state index in [9.17, 15) is 0 Å². The van der Waals surface area contributed by atoms with Crippen molar-refractivity contribution in [3.8, 4) is 0 Å². The zero-order valence-electron chi connectivity index (χ0n) is 14.7. The number of likely N-dealkylation sites (tertiary alicyclic amines) is 1. The van der Waals surface area contributed by atoms with Crippen LogP contribution < -0.4 is 10.6 Å². The van der Waals surface area contributed by atoms with Gasteiger partial charge in [-0.1, -0.05) is 49.9 Å². The summed E-state index contributed by atoms with van der Waals surface area (Å²) in [6.07, 6.45) is 10.6. The summed E-state index contributed by atoms with van der Waals surface area (Å²) in [6, 6.07) is 9.36. The molecule has 4 heteroatoms. The first-order valence-corrected chi connectivity index (χ1v) is 10.1. The molecule has 0 atom stereocenters. The summed E-state index contributed by atoms with van der Waals surface area (Å²) in [5.41, 5.74) is 2.81. The average Bonchev–Trinajstić information content (AvgIpc) is 2.63. The Morgan fingerprint density at radius 2 is 1.62 bits per heavy atom.